The summed E-state index contributed by atoms with van der Waals surface area (Å²) in [6.07, 6.45) is 4.68. The minimum Gasteiger partial charge on any atom is -0.366 e. The third-order valence-electron chi connectivity index (χ3n) is 3.43. The van der Waals surface area contributed by atoms with Crippen LogP contribution in [-0.4, -0.2) is 23.9 Å². The number of carbonyl (C=O) groups excluding carboxylic acids is 2. The van der Waals surface area contributed by atoms with Crippen molar-refractivity contribution in [2.24, 2.45) is 5.73 Å². The molecule has 2 amide bonds. The molecule has 1 heterocycles. The Bertz CT molecular complexity index is 769. The van der Waals surface area contributed by atoms with Crippen molar-refractivity contribution in [3.63, 3.8) is 0 Å². The van der Waals surface area contributed by atoms with Gasteiger partial charge in [0, 0.05) is 18.8 Å². The molecule has 0 atom stereocenters. The van der Waals surface area contributed by atoms with E-state index < -0.39 is 5.91 Å². The van der Waals surface area contributed by atoms with Crippen molar-refractivity contribution in [2.75, 3.05) is 7.05 Å². The fourth-order valence-corrected chi connectivity index (χ4v) is 1.82. The van der Waals surface area contributed by atoms with Gasteiger partial charge in [0.2, 0.25) is 12.3 Å². The number of halogens is 1. The molecule has 0 radical (unpaired) electrons. The maximum atomic E-state index is 12.8. The van der Waals surface area contributed by atoms with Gasteiger partial charge in [-0.1, -0.05) is 38.8 Å². The molecule has 2 rings (SSSR count). The van der Waals surface area contributed by atoms with Crippen LogP contribution in [0.1, 0.15) is 48.2 Å². The Kier molecular flexibility index (Phi) is 11.8. The highest BCUT2D eigenvalue weighted by Gasteiger charge is 2.07. The number of benzene rings is 1. The molecule has 0 aliphatic heterocycles. The number of pyridine rings is 1. The monoisotopic (exact) mass is 377 g/mol. The second-order valence-corrected chi connectivity index (χ2v) is 5.74. The Balaban J connectivity index is 0.000000718. The van der Waals surface area contributed by atoms with Crippen molar-refractivity contribution in [3.8, 4) is 0 Å². The van der Waals surface area contributed by atoms with E-state index in [0.29, 0.717) is 12.0 Å². The molecule has 0 saturated carbocycles. The molecule has 27 heavy (non-hydrogen) atoms. The highest BCUT2D eigenvalue weighted by Crippen LogP contribution is 2.06. The van der Waals surface area contributed by atoms with E-state index in [9.17, 15) is 14.0 Å². The predicted octanol–water partition coefficient (Wildman–Crippen LogP) is 2.61. The standard InChI is InChI=1S/C14H13FN2O2.C4H10.C2H5NO/c1-9-6-11(13(16)18)8-17(14(9)19)7-10-2-4-12(15)5-3-10;1-3-4-2;1-3-2-4/h2-6,8H,7H2,1H3,(H2,16,18);3-4H2,1-2H3;2H,1H3,(H,3,4). The lowest BCUT2D eigenvalue weighted by Gasteiger charge is -2.09. The number of hydrogen-bond donors (Lipinski definition) is 2. The molecule has 3 N–H and O–H groups in total. The Morgan fingerprint density at radius 3 is 2.15 bits per heavy atom. The average molecular weight is 377 g/mol. The van der Waals surface area contributed by atoms with Crippen LogP contribution in [0.25, 0.3) is 0 Å². The minimum absolute atomic E-state index is 0.200. The molecular formula is C20H28FN3O3. The van der Waals surface area contributed by atoms with E-state index in [-0.39, 0.29) is 23.5 Å². The van der Waals surface area contributed by atoms with Gasteiger partial charge in [-0.15, -0.1) is 0 Å². The molecule has 148 valence electrons. The molecule has 0 aliphatic carbocycles. The third-order valence-corrected chi connectivity index (χ3v) is 3.43. The van der Waals surface area contributed by atoms with Crippen LogP contribution in [0.4, 0.5) is 4.39 Å². The van der Waals surface area contributed by atoms with Gasteiger partial charge in [-0.2, -0.15) is 0 Å². The van der Waals surface area contributed by atoms with Gasteiger partial charge in [0.05, 0.1) is 12.1 Å². The number of nitrogens with one attached hydrogen (secondary N) is 1. The number of hydrogen-bond acceptors (Lipinski definition) is 3. The zero-order valence-corrected chi connectivity index (χ0v) is 16.3. The fourth-order valence-electron chi connectivity index (χ4n) is 1.82. The molecule has 0 aliphatic rings. The number of carbonyl (C=O) groups is 2. The molecular weight excluding hydrogens is 349 g/mol. The third kappa shape index (κ3) is 9.34. The quantitative estimate of drug-likeness (QED) is 0.784. The second-order valence-electron chi connectivity index (χ2n) is 5.74. The van der Waals surface area contributed by atoms with Crippen LogP contribution in [0.2, 0.25) is 0 Å². The van der Waals surface area contributed by atoms with Crippen LogP contribution in [-0.2, 0) is 11.3 Å². The number of nitrogens with zero attached hydrogens (tertiary/aromatic N) is 1. The topological polar surface area (TPSA) is 94.2 Å². The summed E-state index contributed by atoms with van der Waals surface area (Å²) in [4.78, 5) is 32.2. The van der Waals surface area contributed by atoms with Crippen LogP contribution in [0.3, 0.4) is 0 Å². The molecule has 7 heteroatoms. The molecule has 1 aromatic carbocycles. The second kappa shape index (κ2) is 13.3. The van der Waals surface area contributed by atoms with Crippen molar-refractivity contribution in [1.29, 1.82) is 0 Å². The summed E-state index contributed by atoms with van der Waals surface area (Å²) in [5.74, 6) is -0.922. The van der Waals surface area contributed by atoms with Gasteiger partial charge < -0.3 is 15.6 Å². The van der Waals surface area contributed by atoms with E-state index in [1.807, 2.05) is 0 Å². The van der Waals surface area contributed by atoms with Crippen LogP contribution < -0.4 is 16.6 Å². The number of rotatable bonds is 5. The normalized spacial score (nSPS) is 9.22. The van der Waals surface area contributed by atoms with Gasteiger partial charge in [0.15, 0.2) is 0 Å². The molecule has 2 aromatic rings. The van der Waals surface area contributed by atoms with Gasteiger partial charge in [0.25, 0.3) is 5.56 Å². The van der Waals surface area contributed by atoms with E-state index in [4.69, 9.17) is 10.5 Å². The van der Waals surface area contributed by atoms with Gasteiger partial charge in [0.1, 0.15) is 5.82 Å². The molecule has 0 fully saturated rings. The Hall–Kier alpha value is -2.96. The lowest BCUT2D eigenvalue weighted by atomic mass is 10.1. The Morgan fingerprint density at radius 1 is 1.22 bits per heavy atom. The maximum absolute atomic E-state index is 12.8. The van der Waals surface area contributed by atoms with Gasteiger partial charge in [-0.05, 0) is 30.7 Å². The summed E-state index contributed by atoms with van der Waals surface area (Å²) in [6, 6.07) is 7.30. The molecule has 0 unspecified atom stereocenters. The van der Waals surface area contributed by atoms with Gasteiger partial charge >= 0.3 is 0 Å². The first-order chi connectivity index (χ1) is 12.8. The van der Waals surface area contributed by atoms with Crippen LogP contribution in [0.5, 0.6) is 0 Å². The SMILES string of the molecule is CCCC.CNC=O.Cc1cc(C(N)=O)cn(Cc2ccc(F)cc2)c1=O. The number of nitrogens with two attached hydrogens (primary N) is 1. The summed E-state index contributed by atoms with van der Waals surface area (Å²) in [6.45, 7) is 6.25. The molecule has 6 nitrogen and oxygen atoms in total. The van der Waals surface area contributed by atoms with E-state index in [1.54, 1.807) is 26.1 Å². The van der Waals surface area contributed by atoms with Crippen LogP contribution in [0.15, 0.2) is 41.3 Å². The summed E-state index contributed by atoms with van der Waals surface area (Å²) < 4.78 is 14.2. The fraction of sp³-hybridized carbons (Fsp3) is 0.350. The molecule has 1 aromatic heterocycles. The molecule has 0 saturated heterocycles. The largest absolute Gasteiger partial charge is 0.366 e. The first-order valence-corrected chi connectivity index (χ1v) is 8.66. The minimum atomic E-state index is -0.587. The zero-order valence-electron chi connectivity index (χ0n) is 16.3. The summed E-state index contributed by atoms with van der Waals surface area (Å²) in [5, 5.41) is 2.25. The molecule has 0 spiro atoms. The van der Waals surface area contributed by atoms with Crippen molar-refractivity contribution in [3.05, 3.63) is 69.4 Å². The highest BCUT2D eigenvalue weighted by molar-refractivity contribution is 5.92. The lowest BCUT2D eigenvalue weighted by Crippen LogP contribution is -2.25. The van der Waals surface area contributed by atoms with Crippen molar-refractivity contribution in [2.45, 2.75) is 40.2 Å². The van der Waals surface area contributed by atoms with E-state index in [0.717, 1.165) is 5.56 Å². The Morgan fingerprint density at radius 2 is 1.74 bits per heavy atom. The number of unbranched alkanes of at least 4 members (excludes halogenated alkanes) is 1. The van der Waals surface area contributed by atoms with Crippen LogP contribution in [0, 0.1) is 12.7 Å². The predicted molar refractivity (Wildman–Crippen MR) is 105 cm³/mol. The van der Waals surface area contributed by atoms with Gasteiger partial charge in [-0.3, -0.25) is 14.4 Å². The Labute approximate surface area is 159 Å². The number of primary amides is 1. The number of aromatic nitrogens is 1. The summed E-state index contributed by atoms with van der Waals surface area (Å²) in [5.41, 5.74) is 6.50. The smallest absolute Gasteiger partial charge is 0.253 e. The van der Waals surface area contributed by atoms with Crippen molar-refractivity contribution in [1.82, 2.24) is 9.88 Å². The first kappa shape index (κ1) is 24.0. The number of aryl methyl sites for hydroxylation is 1. The maximum Gasteiger partial charge on any atom is 0.253 e. The highest BCUT2D eigenvalue weighted by atomic mass is 19.1. The summed E-state index contributed by atoms with van der Waals surface area (Å²) >= 11 is 0. The van der Waals surface area contributed by atoms with Crippen molar-refractivity contribution >= 4 is 12.3 Å². The van der Waals surface area contributed by atoms with E-state index >= 15 is 0 Å². The van der Waals surface area contributed by atoms with E-state index in [2.05, 4.69) is 19.2 Å². The lowest BCUT2D eigenvalue weighted by molar-refractivity contribution is -0.109. The average Bonchev–Trinajstić information content (AvgIpc) is 2.67. The van der Waals surface area contributed by atoms with Crippen molar-refractivity contribution < 1.29 is 14.0 Å². The van der Waals surface area contributed by atoms with E-state index in [1.165, 1.54) is 41.8 Å². The molecule has 0 bridgehead atoms. The zero-order chi connectivity index (χ0) is 20.8. The van der Waals surface area contributed by atoms with Crippen LogP contribution >= 0.6 is 0 Å². The summed E-state index contributed by atoms with van der Waals surface area (Å²) in [7, 11) is 1.56. The number of amides is 2. The van der Waals surface area contributed by atoms with Gasteiger partial charge in [-0.25, -0.2) is 4.39 Å². The first-order valence-electron chi connectivity index (χ1n) is 8.66.